The third kappa shape index (κ3) is 5.20. The molecule has 2 rings (SSSR count). The summed E-state index contributed by atoms with van der Waals surface area (Å²) in [5, 5.41) is 3.77. The number of amides is 1. The zero-order chi connectivity index (χ0) is 18.4. The first-order chi connectivity index (χ1) is 11.8. The number of benzene rings is 1. The van der Waals surface area contributed by atoms with Crippen LogP contribution < -0.4 is 10.1 Å². The lowest BCUT2D eigenvalue weighted by Gasteiger charge is -2.12. The molecule has 0 unspecified atom stereocenters. The van der Waals surface area contributed by atoms with Gasteiger partial charge < -0.3 is 0 Å². The first kappa shape index (κ1) is 18.8. The lowest BCUT2D eigenvalue weighted by atomic mass is 10.1. The van der Waals surface area contributed by atoms with Crippen LogP contribution in [0.5, 0.6) is 0 Å². The fraction of sp³-hybridized carbons (Fsp3) is 0.235. The van der Waals surface area contributed by atoms with Crippen LogP contribution in [0.1, 0.15) is 22.3 Å². The number of nitrogens with zero attached hydrogens (tertiary/aromatic N) is 2. The van der Waals surface area contributed by atoms with E-state index in [-0.39, 0.29) is 4.90 Å². The molecular weight excluding hydrogens is 340 g/mol. The minimum atomic E-state index is -3.78. The molecule has 2 aromatic rings. The molecule has 2 N–H and O–H groups in total. The molecule has 0 aliphatic rings. The van der Waals surface area contributed by atoms with Crippen LogP contribution in [0.3, 0.4) is 0 Å². The molecule has 0 aliphatic carbocycles. The smallest absolute Gasteiger partial charge is 0.255 e. The van der Waals surface area contributed by atoms with E-state index in [0.717, 1.165) is 11.1 Å². The first-order valence-corrected chi connectivity index (χ1v) is 9.07. The summed E-state index contributed by atoms with van der Waals surface area (Å²) in [5.41, 5.74) is 5.31. The van der Waals surface area contributed by atoms with Gasteiger partial charge in [-0.1, -0.05) is 17.7 Å². The van der Waals surface area contributed by atoms with E-state index in [0.29, 0.717) is 11.1 Å². The summed E-state index contributed by atoms with van der Waals surface area (Å²) in [4.78, 5) is 15.8. The Labute approximate surface area is 147 Å². The van der Waals surface area contributed by atoms with Gasteiger partial charge in [-0.25, -0.2) is 18.6 Å². The van der Waals surface area contributed by atoms with Crippen molar-refractivity contribution in [3.05, 3.63) is 58.9 Å². The largest absolute Gasteiger partial charge is 0.272 e. The van der Waals surface area contributed by atoms with E-state index in [4.69, 9.17) is 0 Å². The maximum absolute atomic E-state index is 12.4. The van der Waals surface area contributed by atoms with Crippen molar-refractivity contribution in [2.45, 2.75) is 25.7 Å². The van der Waals surface area contributed by atoms with Gasteiger partial charge in [0.25, 0.3) is 5.91 Å². The number of sulfonamides is 1. The van der Waals surface area contributed by atoms with Crippen molar-refractivity contribution in [2.24, 2.45) is 5.10 Å². The third-order valence-corrected chi connectivity index (χ3v) is 5.11. The minimum absolute atomic E-state index is 0.200. The summed E-state index contributed by atoms with van der Waals surface area (Å²) in [6, 6.07) is 7.03. The number of carbonyl (C=O) groups is 1. The van der Waals surface area contributed by atoms with E-state index in [1.165, 1.54) is 6.21 Å². The second-order valence-electron chi connectivity index (χ2n) is 5.63. The number of aromatic nitrogens is 1. The Hall–Kier alpha value is -2.58. The molecule has 0 aliphatic heterocycles. The van der Waals surface area contributed by atoms with Crippen LogP contribution in [0.15, 0.2) is 46.7 Å². The fourth-order valence-corrected chi connectivity index (χ4v) is 3.92. The summed E-state index contributed by atoms with van der Waals surface area (Å²) in [6.07, 6.45) is 4.65. The number of pyridine rings is 1. The highest BCUT2D eigenvalue weighted by molar-refractivity contribution is 7.89. The van der Waals surface area contributed by atoms with Gasteiger partial charge in [0.2, 0.25) is 10.0 Å². The first-order valence-electron chi connectivity index (χ1n) is 7.59. The molecule has 0 saturated carbocycles. The maximum Gasteiger partial charge on any atom is 0.255 e. The second-order valence-corrected chi connectivity index (χ2v) is 7.33. The van der Waals surface area contributed by atoms with E-state index < -0.39 is 22.5 Å². The van der Waals surface area contributed by atoms with Crippen LogP contribution in [0.25, 0.3) is 0 Å². The van der Waals surface area contributed by atoms with Crippen molar-refractivity contribution in [3.8, 4) is 0 Å². The van der Waals surface area contributed by atoms with Gasteiger partial charge >= 0.3 is 0 Å². The highest BCUT2D eigenvalue weighted by Gasteiger charge is 2.20. The van der Waals surface area contributed by atoms with Gasteiger partial charge in [-0.2, -0.15) is 5.10 Å². The fourth-order valence-electron chi connectivity index (χ4n) is 2.49. The van der Waals surface area contributed by atoms with Crippen molar-refractivity contribution in [2.75, 3.05) is 6.54 Å². The van der Waals surface area contributed by atoms with Crippen LogP contribution in [-0.2, 0) is 14.8 Å². The zero-order valence-electron chi connectivity index (χ0n) is 14.3. The van der Waals surface area contributed by atoms with Gasteiger partial charge in [-0.15, -0.1) is 0 Å². The average molecular weight is 360 g/mol. The number of hydrazone groups is 1. The molecular formula is C17H20N4O3S. The normalized spacial score (nSPS) is 11.6. The summed E-state index contributed by atoms with van der Waals surface area (Å²) in [5.74, 6) is -0.559. The van der Waals surface area contributed by atoms with Crippen LogP contribution in [0.4, 0.5) is 0 Å². The maximum atomic E-state index is 12.4. The molecule has 0 spiro atoms. The summed E-state index contributed by atoms with van der Waals surface area (Å²) in [6.45, 7) is 4.96. The molecule has 25 heavy (non-hydrogen) atoms. The summed E-state index contributed by atoms with van der Waals surface area (Å²) in [7, 11) is -3.78. The Morgan fingerprint density at radius 2 is 1.76 bits per heavy atom. The molecule has 0 saturated heterocycles. The van der Waals surface area contributed by atoms with Gasteiger partial charge in [0, 0.05) is 12.4 Å². The van der Waals surface area contributed by atoms with Gasteiger partial charge in [0.05, 0.1) is 17.7 Å². The van der Waals surface area contributed by atoms with E-state index in [1.54, 1.807) is 50.5 Å². The van der Waals surface area contributed by atoms with E-state index in [9.17, 15) is 13.2 Å². The Bertz CT molecular complexity index is 870. The van der Waals surface area contributed by atoms with Crippen molar-refractivity contribution < 1.29 is 13.2 Å². The predicted octanol–water partition coefficient (Wildman–Crippen LogP) is 1.44. The van der Waals surface area contributed by atoms with E-state index in [1.807, 2.05) is 6.92 Å². The topological polar surface area (TPSA) is 101 Å². The zero-order valence-corrected chi connectivity index (χ0v) is 15.1. The van der Waals surface area contributed by atoms with Crippen LogP contribution in [-0.4, -0.2) is 32.1 Å². The number of rotatable bonds is 6. The van der Waals surface area contributed by atoms with Gasteiger partial charge in [-0.05, 0) is 49.6 Å². The summed E-state index contributed by atoms with van der Waals surface area (Å²) < 4.78 is 27.2. The molecule has 1 aromatic heterocycles. The highest BCUT2D eigenvalue weighted by Crippen LogP contribution is 2.21. The Morgan fingerprint density at radius 1 is 1.16 bits per heavy atom. The molecule has 8 heteroatoms. The number of carbonyl (C=O) groups excluding carboxylic acids is 1. The van der Waals surface area contributed by atoms with Crippen molar-refractivity contribution >= 4 is 22.1 Å². The lowest BCUT2D eigenvalue weighted by molar-refractivity contribution is -0.119. The molecule has 1 aromatic carbocycles. The molecule has 0 atom stereocenters. The Morgan fingerprint density at radius 3 is 2.36 bits per heavy atom. The van der Waals surface area contributed by atoms with E-state index in [2.05, 4.69) is 20.2 Å². The average Bonchev–Trinajstić information content (AvgIpc) is 2.53. The number of hydrogen-bond donors (Lipinski definition) is 2. The predicted molar refractivity (Wildman–Crippen MR) is 95.8 cm³/mol. The molecule has 1 heterocycles. The van der Waals surface area contributed by atoms with Gasteiger partial charge in [0.1, 0.15) is 0 Å². The number of nitrogens with one attached hydrogen (secondary N) is 2. The SMILES string of the molecule is Cc1cc(C)c(S(=O)(=O)NCC(=O)N/N=C\c2ccncc2)c(C)c1. The highest BCUT2D eigenvalue weighted by atomic mass is 32.2. The Balaban J connectivity index is 1.98. The standard InChI is InChI=1S/C17H20N4O3S/c1-12-8-13(2)17(14(3)9-12)25(23,24)20-11-16(22)21-19-10-15-4-6-18-7-5-15/h4-10,20H,11H2,1-3H3,(H,21,22)/b19-10-. The van der Waals surface area contributed by atoms with Gasteiger partial charge in [0.15, 0.2) is 0 Å². The van der Waals surface area contributed by atoms with Gasteiger partial charge in [-0.3, -0.25) is 9.78 Å². The van der Waals surface area contributed by atoms with Crippen molar-refractivity contribution in [1.29, 1.82) is 0 Å². The second kappa shape index (κ2) is 8.00. The lowest BCUT2D eigenvalue weighted by Crippen LogP contribution is -2.35. The van der Waals surface area contributed by atoms with Crippen molar-refractivity contribution in [3.63, 3.8) is 0 Å². The molecule has 1 amide bonds. The number of aryl methyl sites for hydroxylation is 3. The third-order valence-electron chi connectivity index (χ3n) is 3.41. The molecule has 0 radical (unpaired) electrons. The molecule has 7 nitrogen and oxygen atoms in total. The van der Waals surface area contributed by atoms with Crippen LogP contribution in [0.2, 0.25) is 0 Å². The molecule has 0 fully saturated rings. The summed E-state index contributed by atoms with van der Waals surface area (Å²) >= 11 is 0. The minimum Gasteiger partial charge on any atom is -0.272 e. The van der Waals surface area contributed by atoms with Crippen LogP contribution >= 0.6 is 0 Å². The molecule has 0 bridgehead atoms. The molecule has 132 valence electrons. The number of hydrogen-bond acceptors (Lipinski definition) is 5. The Kier molecular flexibility index (Phi) is 6.00. The van der Waals surface area contributed by atoms with Crippen LogP contribution in [0, 0.1) is 20.8 Å². The quantitative estimate of drug-likeness (QED) is 0.601. The van der Waals surface area contributed by atoms with E-state index >= 15 is 0 Å². The monoisotopic (exact) mass is 360 g/mol. The van der Waals surface area contributed by atoms with Crippen molar-refractivity contribution in [1.82, 2.24) is 15.1 Å².